The summed E-state index contributed by atoms with van der Waals surface area (Å²) >= 11 is 0. The molecule has 1 saturated heterocycles. The molecular weight excluding hydrogens is 223 g/mol. The minimum Gasteiger partial charge on any atom is -0.478 e. The lowest BCUT2D eigenvalue weighted by atomic mass is 9.99. The van der Waals surface area contributed by atoms with Crippen LogP contribution >= 0.6 is 0 Å². The number of piperidine rings is 1. The van der Waals surface area contributed by atoms with Crippen molar-refractivity contribution in [2.75, 3.05) is 24.7 Å². The quantitative estimate of drug-likeness (QED) is 0.874. The Morgan fingerprint density at radius 1 is 1.65 bits per heavy atom. The number of rotatable bonds is 3. The van der Waals surface area contributed by atoms with Crippen LogP contribution in [0.1, 0.15) is 23.2 Å². The fourth-order valence-corrected chi connectivity index (χ4v) is 2.20. The number of alkyl halides is 1. The molecule has 0 amide bonds. The molecule has 1 N–H and O–H groups in total. The Hall–Kier alpha value is -1.65. The molecular formula is C12H15FN2O2. The molecule has 2 rings (SSSR count). The number of aromatic nitrogens is 1. The first-order valence-corrected chi connectivity index (χ1v) is 5.71. The fraction of sp³-hybridized carbons (Fsp3) is 0.500. The Kier molecular flexibility index (Phi) is 3.56. The highest BCUT2D eigenvalue weighted by Crippen LogP contribution is 2.24. The van der Waals surface area contributed by atoms with Gasteiger partial charge in [-0.1, -0.05) is 0 Å². The van der Waals surface area contributed by atoms with Gasteiger partial charge < -0.3 is 10.0 Å². The molecule has 92 valence electrons. The van der Waals surface area contributed by atoms with E-state index in [-0.39, 0.29) is 18.2 Å². The summed E-state index contributed by atoms with van der Waals surface area (Å²) < 4.78 is 12.7. The van der Waals surface area contributed by atoms with Gasteiger partial charge in [0, 0.05) is 25.2 Å². The summed E-state index contributed by atoms with van der Waals surface area (Å²) in [5.41, 5.74) is 0.187. The number of carbonyl (C=O) groups is 1. The molecule has 4 nitrogen and oxygen atoms in total. The summed E-state index contributed by atoms with van der Waals surface area (Å²) in [6, 6.07) is 3.13. The average molecular weight is 238 g/mol. The molecule has 0 unspecified atom stereocenters. The maximum absolute atomic E-state index is 12.7. The average Bonchev–Trinajstić information content (AvgIpc) is 2.39. The predicted octanol–water partition coefficient (Wildman–Crippen LogP) is 1.97. The van der Waals surface area contributed by atoms with Gasteiger partial charge in [0.25, 0.3) is 0 Å². The van der Waals surface area contributed by atoms with Gasteiger partial charge in [-0.15, -0.1) is 0 Å². The lowest BCUT2D eigenvalue weighted by molar-refractivity contribution is 0.0697. The summed E-state index contributed by atoms with van der Waals surface area (Å²) in [4.78, 5) is 17.1. The van der Waals surface area contributed by atoms with E-state index < -0.39 is 5.97 Å². The third kappa shape index (κ3) is 2.54. The molecule has 2 heterocycles. The number of halogens is 1. The largest absolute Gasteiger partial charge is 0.478 e. The van der Waals surface area contributed by atoms with Crippen LogP contribution in [0, 0.1) is 5.92 Å². The molecule has 1 aromatic rings. The third-order valence-electron chi connectivity index (χ3n) is 3.05. The molecule has 0 saturated carbocycles. The molecule has 17 heavy (non-hydrogen) atoms. The third-order valence-corrected chi connectivity index (χ3v) is 3.05. The van der Waals surface area contributed by atoms with Crippen molar-refractivity contribution in [3.05, 3.63) is 23.9 Å². The van der Waals surface area contributed by atoms with E-state index >= 15 is 0 Å². The number of nitrogens with zero attached hydrogens (tertiary/aromatic N) is 2. The van der Waals surface area contributed by atoms with Crippen molar-refractivity contribution in [2.45, 2.75) is 12.8 Å². The van der Waals surface area contributed by atoms with Crippen molar-refractivity contribution in [3.8, 4) is 0 Å². The van der Waals surface area contributed by atoms with Crippen LogP contribution in [0.4, 0.5) is 10.2 Å². The summed E-state index contributed by atoms with van der Waals surface area (Å²) in [7, 11) is 0. The zero-order chi connectivity index (χ0) is 12.3. The monoisotopic (exact) mass is 238 g/mol. The van der Waals surface area contributed by atoms with Gasteiger partial charge in [0.05, 0.1) is 6.67 Å². The Labute approximate surface area is 99.1 Å². The fourth-order valence-electron chi connectivity index (χ4n) is 2.20. The highest BCUT2D eigenvalue weighted by atomic mass is 19.1. The van der Waals surface area contributed by atoms with Gasteiger partial charge in [0.15, 0.2) is 0 Å². The van der Waals surface area contributed by atoms with Gasteiger partial charge >= 0.3 is 5.97 Å². The maximum atomic E-state index is 12.7. The standard InChI is InChI=1S/C12H15FN2O2/c13-7-9-3-2-6-15(8-9)11-10(12(16)17)4-1-5-14-11/h1,4-5,9H,2-3,6-8H2,(H,16,17)/t9-/m1/s1. The molecule has 1 fully saturated rings. The van der Waals surface area contributed by atoms with Crippen molar-refractivity contribution >= 4 is 11.8 Å². The number of anilines is 1. The van der Waals surface area contributed by atoms with Gasteiger partial charge in [-0.25, -0.2) is 9.78 Å². The minimum atomic E-state index is -0.990. The Balaban J connectivity index is 2.24. The lowest BCUT2D eigenvalue weighted by Gasteiger charge is -2.32. The van der Waals surface area contributed by atoms with Crippen molar-refractivity contribution in [2.24, 2.45) is 5.92 Å². The second-order valence-corrected chi connectivity index (χ2v) is 4.29. The van der Waals surface area contributed by atoms with Crippen LogP contribution in [0.25, 0.3) is 0 Å². The zero-order valence-corrected chi connectivity index (χ0v) is 9.47. The summed E-state index contributed by atoms with van der Waals surface area (Å²) in [6.45, 7) is 0.938. The maximum Gasteiger partial charge on any atom is 0.339 e. The van der Waals surface area contributed by atoms with Crippen LogP contribution in [0.15, 0.2) is 18.3 Å². The normalized spacial score (nSPS) is 20.3. The zero-order valence-electron chi connectivity index (χ0n) is 9.47. The summed E-state index contributed by atoms with van der Waals surface area (Å²) in [5, 5.41) is 9.08. The van der Waals surface area contributed by atoms with Gasteiger partial charge in [0.1, 0.15) is 11.4 Å². The van der Waals surface area contributed by atoms with E-state index in [9.17, 15) is 9.18 Å². The van der Waals surface area contributed by atoms with Crippen LogP contribution in [0.5, 0.6) is 0 Å². The SMILES string of the molecule is O=C(O)c1cccnc1N1CCC[C@H](CF)C1. The van der Waals surface area contributed by atoms with E-state index in [1.807, 2.05) is 4.90 Å². The minimum absolute atomic E-state index is 0.00704. The number of carboxylic acid groups (broad SMARTS) is 1. The van der Waals surface area contributed by atoms with Crippen LogP contribution in [-0.2, 0) is 0 Å². The first-order chi connectivity index (χ1) is 8.22. The van der Waals surface area contributed by atoms with Crippen LogP contribution in [0.3, 0.4) is 0 Å². The number of aromatic carboxylic acids is 1. The summed E-state index contributed by atoms with van der Waals surface area (Å²) in [5.74, 6) is -0.541. The molecule has 0 aliphatic carbocycles. The van der Waals surface area contributed by atoms with Gasteiger partial charge in [-0.05, 0) is 25.0 Å². The number of pyridine rings is 1. The van der Waals surface area contributed by atoms with E-state index in [1.54, 1.807) is 12.3 Å². The molecule has 1 atom stereocenters. The van der Waals surface area contributed by atoms with Crippen LogP contribution < -0.4 is 4.90 Å². The van der Waals surface area contributed by atoms with Crippen molar-refractivity contribution in [1.82, 2.24) is 4.98 Å². The number of hydrogen-bond acceptors (Lipinski definition) is 3. The van der Waals surface area contributed by atoms with Crippen molar-refractivity contribution in [1.29, 1.82) is 0 Å². The highest BCUT2D eigenvalue weighted by Gasteiger charge is 2.24. The molecule has 1 aliphatic heterocycles. The van der Waals surface area contributed by atoms with Crippen molar-refractivity contribution in [3.63, 3.8) is 0 Å². The topological polar surface area (TPSA) is 53.4 Å². The Bertz CT molecular complexity index is 411. The van der Waals surface area contributed by atoms with E-state index in [0.29, 0.717) is 12.4 Å². The second-order valence-electron chi connectivity index (χ2n) is 4.29. The van der Waals surface area contributed by atoms with Crippen LogP contribution in [0.2, 0.25) is 0 Å². The summed E-state index contributed by atoms with van der Waals surface area (Å²) in [6.07, 6.45) is 3.31. The Morgan fingerprint density at radius 2 is 2.47 bits per heavy atom. The molecule has 1 aliphatic rings. The van der Waals surface area contributed by atoms with E-state index in [0.717, 1.165) is 19.4 Å². The highest BCUT2D eigenvalue weighted by molar-refractivity contribution is 5.93. The molecule has 0 radical (unpaired) electrons. The first-order valence-electron chi connectivity index (χ1n) is 5.71. The molecule has 1 aromatic heterocycles. The Morgan fingerprint density at radius 3 is 3.18 bits per heavy atom. The number of carboxylic acids is 1. The predicted molar refractivity (Wildman–Crippen MR) is 62.1 cm³/mol. The van der Waals surface area contributed by atoms with Crippen LogP contribution in [-0.4, -0.2) is 35.8 Å². The first kappa shape index (κ1) is 11.8. The smallest absolute Gasteiger partial charge is 0.339 e. The molecule has 0 aromatic carbocycles. The molecule has 0 spiro atoms. The van der Waals surface area contributed by atoms with Gasteiger partial charge in [0.2, 0.25) is 0 Å². The van der Waals surface area contributed by atoms with Crippen molar-refractivity contribution < 1.29 is 14.3 Å². The van der Waals surface area contributed by atoms with E-state index in [2.05, 4.69) is 4.98 Å². The lowest BCUT2D eigenvalue weighted by Crippen LogP contribution is -2.37. The second kappa shape index (κ2) is 5.12. The van der Waals surface area contributed by atoms with E-state index in [1.165, 1.54) is 6.07 Å². The molecule has 5 heteroatoms. The molecule has 0 bridgehead atoms. The number of hydrogen-bond donors (Lipinski definition) is 1. The van der Waals surface area contributed by atoms with Gasteiger partial charge in [-0.2, -0.15) is 0 Å². The van der Waals surface area contributed by atoms with E-state index in [4.69, 9.17) is 5.11 Å². The van der Waals surface area contributed by atoms with Gasteiger partial charge in [-0.3, -0.25) is 4.39 Å².